The van der Waals surface area contributed by atoms with Crippen LogP contribution in [-0.4, -0.2) is 29.1 Å². The summed E-state index contributed by atoms with van der Waals surface area (Å²) in [6, 6.07) is 5.44. The molecule has 0 saturated heterocycles. The number of ketones is 1. The number of rotatable bonds is 2. The second-order valence-corrected chi connectivity index (χ2v) is 3.21. The van der Waals surface area contributed by atoms with Crippen LogP contribution in [-0.2, 0) is 9.59 Å². The maximum absolute atomic E-state index is 12.9. The van der Waals surface area contributed by atoms with Gasteiger partial charge in [0.15, 0.2) is 0 Å². The van der Waals surface area contributed by atoms with E-state index in [0.29, 0.717) is 5.69 Å². The fraction of sp³-hybridized carbons (Fsp3) is 0.100. The molecule has 0 unspecified atom stereocenters. The van der Waals surface area contributed by atoms with Crippen molar-refractivity contribution in [2.45, 2.75) is 0 Å². The summed E-state index contributed by atoms with van der Waals surface area (Å²) in [6.45, 7) is -0.176. The molecule has 0 spiro atoms. The van der Waals surface area contributed by atoms with Gasteiger partial charge in [-0.05, 0) is 18.2 Å². The topological polar surface area (TPSA) is 70.0 Å². The van der Waals surface area contributed by atoms with Gasteiger partial charge in [-0.15, -0.1) is 0 Å². The molecule has 1 aliphatic heterocycles. The number of carboxylic acid groups (broad SMARTS) is 1. The molecule has 0 bridgehead atoms. The van der Waals surface area contributed by atoms with Gasteiger partial charge in [0.1, 0.15) is 12.4 Å². The van der Waals surface area contributed by atoms with Crippen LogP contribution in [0.4, 0.5) is 10.1 Å². The van der Waals surface area contributed by atoms with E-state index in [1.807, 2.05) is 0 Å². The number of carboxylic acids is 1. The molecule has 82 valence electrons. The molecule has 0 aliphatic carbocycles. The first-order chi connectivity index (χ1) is 7.58. The summed E-state index contributed by atoms with van der Waals surface area (Å²) < 4.78 is 12.9. The molecule has 16 heavy (non-hydrogen) atoms. The fourth-order valence-corrected chi connectivity index (χ4v) is 1.37. The van der Waals surface area contributed by atoms with E-state index in [1.54, 1.807) is 6.07 Å². The number of carbonyl (C=O) groups excluding carboxylic acids is 1. The monoisotopic (exact) mass is 222 g/mol. The molecule has 1 aromatic carbocycles. The number of hydrazone groups is 1. The van der Waals surface area contributed by atoms with Crippen molar-refractivity contribution in [3.8, 4) is 0 Å². The molecule has 0 amide bonds. The van der Waals surface area contributed by atoms with E-state index in [2.05, 4.69) is 5.10 Å². The van der Waals surface area contributed by atoms with E-state index >= 15 is 0 Å². The number of anilines is 1. The number of hydrogen-bond donors (Lipinski definition) is 1. The zero-order valence-electron chi connectivity index (χ0n) is 8.05. The quantitative estimate of drug-likeness (QED) is 0.797. The third-order valence-electron chi connectivity index (χ3n) is 2.09. The predicted molar refractivity (Wildman–Crippen MR) is 53.8 cm³/mol. The minimum absolute atomic E-state index is 0.176. The molecular formula is C10H7FN2O3. The Morgan fingerprint density at radius 2 is 2.25 bits per heavy atom. The molecule has 6 heteroatoms. The Balaban J connectivity index is 2.32. The first kappa shape index (κ1) is 10.3. The van der Waals surface area contributed by atoms with E-state index in [1.165, 1.54) is 18.2 Å². The van der Waals surface area contributed by atoms with Crippen LogP contribution in [0.2, 0.25) is 0 Å². The van der Waals surface area contributed by atoms with Gasteiger partial charge >= 0.3 is 5.97 Å². The lowest BCUT2D eigenvalue weighted by Gasteiger charge is -2.11. The smallest absolute Gasteiger partial charge is 0.360 e. The second-order valence-electron chi connectivity index (χ2n) is 3.21. The van der Waals surface area contributed by atoms with E-state index < -0.39 is 23.3 Å². The Bertz CT molecular complexity index is 499. The Hall–Kier alpha value is -2.24. The van der Waals surface area contributed by atoms with E-state index in [9.17, 15) is 14.0 Å². The standard InChI is InChI=1S/C10H7FN2O3/c11-6-2-1-3-7(4-6)13-5-8(14)9(12-13)10(15)16/h1-4H,5H2,(H,15,16). The van der Waals surface area contributed by atoms with Crippen LogP contribution in [0, 0.1) is 5.82 Å². The van der Waals surface area contributed by atoms with Crippen LogP contribution in [0.5, 0.6) is 0 Å². The second kappa shape index (κ2) is 3.73. The number of nitrogens with zero attached hydrogens (tertiary/aromatic N) is 2. The molecule has 1 N–H and O–H groups in total. The molecule has 2 rings (SSSR count). The SMILES string of the molecule is O=C(O)C1=NN(c2cccc(F)c2)CC1=O. The molecular weight excluding hydrogens is 215 g/mol. The maximum Gasteiger partial charge on any atom is 0.360 e. The van der Waals surface area contributed by atoms with Gasteiger partial charge in [0.25, 0.3) is 0 Å². The fourth-order valence-electron chi connectivity index (χ4n) is 1.37. The van der Waals surface area contributed by atoms with Gasteiger partial charge < -0.3 is 5.11 Å². The van der Waals surface area contributed by atoms with Gasteiger partial charge in [-0.3, -0.25) is 9.80 Å². The average molecular weight is 222 g/mol. The van der Waals surface area contributed by atoms with Gasteiger partial charge in [0.2, 0.25) is 11.5 Å². The van der Waals surface area contributed by atoms with Gasteiger partial charge in [0, 0.05) is 0 Å². The van der Waals surface area contributed by atoms with Gasteiger partial charge in [-0.1, -0.05) is 6.07 Å². The van der Waals surface area contributed by atoms with Crippen molar-refractivity contribution in [3.05, 3.63) is 30.1 Å². The normalized spacial score (nSPS) is 15.2. The zero-order valence-corrected chi connectivity index (χ0v) is 8.05. The van der Waals surface area contributed by atoms with Crippen molar-refractivity contribution in [3.63, 3.8) is 0 Å². The molecule has 1 aliphatic rings. The van der Waals surface area contributed by atoms with Crippen molar-refractivity contribution in [2.75, 3.05) is 11.6 Å². The maximum atomic E-state index is 12.9. The first-order valence-corrected chi connectivity index (χ1v) is 4.46. The molecule has 0 aromatic heterocycles. The van der Waals surface area contributed by atoms with E-state index in [0.717, 1.165) is 5.01 Å². The molecule has 0 radical (unpaired) electrons. The van der Waals surface area contributed by atoms with Crippen molar-refractivity contribution in [1.82, 2.24) is 0 Å². The highest BCUT2D eigenvalue weighted by Gasteiger charge is 2.29. The van der Waals surface area contributed by atoms with Gasteiger partial charge in [-0.2, -0.15) is 5.10 Å². The Kier molecular flexibility index (Phi) is 2.40. The lowest BCUT2D eigenvalue weighted by Crippen LogP contribution is -2.23. The third-order valence-corrected chi connectivity index (χ3v) is 2.09. The highest BCUT2D eigenvalue weighted by Crippen LogP contribution is 2.18. The third kappa shape index (κ3) is 1.77. The van der Waals surface area contributed by atoms with Gasteiger partial charge in [0.05, 0.1) is 5.69 Å². The summed E-state index contributed by atoms with van der Waals surface area (Å²) in [5, 5.41) is 13.4. The van der Waals surface area contributed by atoms with Crippen LogP contribution in [0.15, 0.2) is 29.4 Å². The minimum Gasteiger partial charge on any atom is -0.476 e. The number of Topliss-reactive ketones (excluding diaryl/α,β-unsaturated/α-hetero) is 1. The van der Waals surface area contributed by atoms with E-state index in [4.69, 9.17) is 5.11 Å². The summed E-state index contributed by atoms with van der Waals surface area (Å²) in [6.07, 6.45) is 0. The van der Waals surface area contributed by atoms with Crippen LogP contribution >= 0.6 is 0 Å². The molecule has 1 aromatic rings. The number of aliphatic carboxylic acids is 1. The van der Waals surface area contributed by atoms with Crippen molar-refractivity contribution in [2.24, 2.45) is 5.10 Å². The first-order valence-electron chi connectivity index (χ1n) is 4.46. The van der Waals surface area contributed by atoms with Crippen LogP contribution in [0.3, 0.4) is 0 Å². The molecule has 0 atom stereocenters. The summed E-state index contributed by atoms with van der Waals surface area (Å²) in [5.41, 5.74) is -0.172. The molecule has 5 nitrogen and oxygen atoms in total. The summed E-state index contributed by atoms with van der Waals surface area (Å²) >= 11 is 0. The number of hydrogen-bond acceptors (Lipinski definition) is 4. The van der Waals surface area contributed by atoms with E-state index in [-0.39, 0.29) is 6.54 Å². The summed E-state index contributed by atoms with van der Waals surface area (Å²) in [7, 11) is 0. The number of benzene rings is 1. The average Bonchev–Trinajstić information content (AvgIpc) is 2.60. The largest absolute Gasteiger partial charge is 0.476 e. The Morgan fingerprint density at radius 1 is 1.50 bits per heavy atom. The van der Waals surface area contributed by atoms with Crippen LogP contribution in [0.25, 0.3) is 0 Å². The predicted octanol–water partition coefficient (Wildman–Crippen LogP) is 0.655. The Morgan fingerprint density at radius 3 is 2.81 bits per heavy atom. The van der Waals surface area contributed by atoms with Crippen molar-refractivity contribution >= 4 is 23.2 Å². The van der Waals surface area contributed by atoms with Crippen molar-refractivity contribution < 1.29 is 19.1 Å². The minimum atomic E-state index is -1.37. The zero-order chi connectivity index (χ0) is 11.7. The van der Waals surface area contributed by atoms with Crippen LogP contribution < -0.4 is 5.01 Å². The number of halogens is 1. The lowest BCUT2D eigenvalue weighted by molar-refractivity contribution is -0.130. The van der Waals surface area contributed by atoms with Crippen LogP contribution in [0.1, 0.15) is 0 Å². The number of carbonyl (C=O) groups is 2. The lowest BCUT2D eigenvalue weighted by atomic mass is 10.2. The van der Waals surface area contributed by atoms with Gasteiger partial charge in [-0.25, -0.2) is 9.18 Å². The Labute approximate surface area is 89.8 Å². The summed E-state index contributed by atoms with van der Waals surface area (Å²) in [4.78, 5) is 21.8. The highest BCUT2D eigenvalue weighted by molar-refractivity contribution is 6.65. The summed E-state index contributed by atoms with van der Waals surface area (Å²) in [5.74, 6) is -2.43. The molecule has 1 heterocycles. The van der Waals surface area contributed by atoms with Crippen molar-refractivity contribution in [1.29, 1.82) is 0 Å². The molecule has 0 saturated carbocycles. The molecule has 0 fully saturated rings. The highest BCUT2D eigenvalue weighted by atomic mass is 19.1.